The van der Waals surface area contributed by atoms with Crippen LogP contribution in [0.15, 0.2) is 34.8 Å². The molecule has 1 fully saturated rings. The average molecular weight is 297 g/mol. The zero-order valence-corrected chi connectivity index (χ0v) is 12.8. The van der Waals surface area contributed by atoms with Crippen molar-refractivity contribution in [2.75, 3.05) is 7.11 Å². The summed E-state index contributed by atoms with van der Waals surface area (Å²) in [7, 11) is 1.62. The van der Waals surface area contributed by atoms with E-state index in [9.17, 15) is 4.79 Å². The largest absolute Gasteiger partial charge is 0.497 e. The van der Waals surface area contributed by atoms with E-state index in [2.05, 4.69) is 17.5 Å². The van der Waals surface area contributed by atoms with Crippen molar-refractivity contribution in [1.82, 2.24) is 5.32 Å². The lowest BCUT2D eigenvalue weighted by molar-refractivity contribution is 0.0919. The quantitative estimate of drug-likeness (QED) is 0.881. The number of methoxy groups -OCH3 is 1. The van der Waals surface area contributed by atoms with Gasteiger partial charge in [0.2, 0.25) is 0 Å². The van der Waals surface area contributed by atoms with Crippen LogP contribution in [0.5, 0.6) is 5.75 Å². The van der Waals surface area contributed by atoms with Crippen LogP contribution in [0.3, 0.4) is 0 Å². The highest BCUT2D eigenvalue weighted by atomic mass is 16.5. The average Bonchev–Trinajstić information content (AvgIpc) is 3.17. The topological polar surface area (TPSA) is 51.5 Å². The maximum Gasteiger partial charge on any atom is 0.256 e. The standard InChI is InChI=1S/C18H19NO3/c1-11-16(14-9-13(21-2)3-4-15(14)22-11)17(20)19-18-7-5-12(10-18)6-8-18/h3-5,7,9,12H,6,8,10H2,1-2H3,(H,19,20). The molecule has 1 aromatic heterocycles. The van der Waals surface area contributed by atoms with Crippen LogP contribution in [0.4, 0.5) is 0 Å². The van der Waals surface area contributed by atoms with Gasteiger partial charge < -0.3 is 14.5 Å². The second-order valence-corrected chi connectivity index (χ2v) is 6.37. The number of benzene rings is 1. The molecule has 0 radical (unpaired) electrons. The van der Waals surface area contributed by atoms with Gasteiger partial charge >= 0.3 is 0 Å². The first-order valence-electron chi connectivity index (χ1n) is 7.69. The number of allylic oxidation sites excluding steroid dienone is 1. The molecule has 2 unspecified atom stereocenters. The molecule has 2 bridgehead atoms. The summed E-state index contributed by atoms with van der Waals surface area (Å²) in [5, 5.41) is 4.04. The smallest absolute Gasteiger partial charge is 0.256 e. The van der Waals surface area contributed by atoms with E-state index in [1.54, 1.807) is 7.11 Å². The lowest BCUT2D eigenvalue weighted by Crippen LogP contribution is -2.44. The van der Waals surface area contributed by atoms with E-state index >= 15 is 0 Å². The van der Waals surface area contributed by atoms with Gasteiger partial charge in [0, 0.05) is 5.39 Å². The molecule has 4 heteroatoms. The number of fused-ring (bicyclic) bond motifs is 3. The lowest BCUT2D eigenvalue weighted by atomic mass is 9.98. The molecule has 4 rings (SSSR count). The summed E-state index contributed by atoms with van der Waals surface area (Å²) in [6, 6.07) is 5.55. The van der Waals surface area contributed by atoms with Crippen molar-refractivity contribution in [1.29, 1.82) is 0 Å². The molecule has 4 nitrogen and oxygen atoms in total. The Hall–Kier alpha value is -2.23. The molecule has 1 N–H and O–H groups in total. The number of carbonyl (C=O) groups is 1. The number of carbonyl (C=O) groups excluding carboxylic acids is 1. The third-order valence-electron chi connectivity index (χ3n) is 4.94. The zero-order chi connectivity index (χ0) is 15.3. The number of rotatable bonds is 3. The third-order valence-corrected chi connectivity index (χ3v) is 4.94. The lowest BCUT2D eigenvalue weighted by Gasteiger charge is -2.25. The van der Waals surface area contributed by atoms with E-state index in [4.69, 9.17) is 9.15 Å². The Morgan fingerprint density at radius 3 is 2.95 bits per heavy atom. The number of hydrogen-bond acceptors (Lipinski definition) is 3. The van der Waals surface area contributed by atoms with Gasteiger partial charge in [-0.05, 0) is 50.3 Å². The fourth-order valence-electron chi connectivity index (χ4n) is 3.80. The van der Waals surface area contributed by atoms with Crippen LogP contribution in [0.1, 0.15) is 35.4 Å². The molecule has 1 heterocycles. The highest BCUT2D eigenvalue weighted by molar-refractivity contribution is 6.07. The van der Waals surface area contributed by atoms with Crippen LogP contribution in [0.25, 0.3) is 11.0 Å². The number of furan rings is 1. The molecule has 22 heavy (non-hydrogen) atoms. The summed E-state index contributed by atoms with van der Waals surface area (Å²) in [5.74, 6) is 1.94. The highest BCUT2D eigenvalue weighted by Crippen LogP contribution is 2.42. The van der Waals surface area contributed by atoms with Crippen LogP contribution in [0.2, 0.25) is 0 Å². The first-order chi connectivity index (χ1) is 10.6. The molecule has 1 amide bonds. The van der Waals surface area contributed by atoms with Crippen molar-refractivity contribution in [2.45, 2.75) is 31.7 Å². The highest BCUT2D eigenvalue weighted by Gasteiger charge is 2.42. The molecule has 2 atom stereocenters. The summed E-state index contributed by atoms with van der Waals surface area (Å²) in [6.45, 7) is 1.83. The maximum atomic E-state index is 12.8. The van der Waals surface area contributed by atoms with E-state index in [0.29, 0.717) is 22.8 Å². The molecule has 1 aromatic carbocycles. The summed E-state index contributed by atoms with van der Waals surface area (Å²) in [5.41, 5.74) is 1.18. The van der Waals surface area contributed by atoms with Crippen molar-refractivity contribution in [2.24, 2.45) is 5.92 Å². The summed E-state index contributed by atoms with van der Waals surface area (Å²) < 4.78 is 11.0. The summed E-state index contributed by atoms with van der Waals surface area (Å²) in [4.78, 5) is 12.8. The molecule has 0 spiro atoms. The van der Waals surface area contributed by atoms with E-state index in [1.807, 2.05) is 25.1 Å². The van der Waals surface area contributed by atoms with Gasteiger partial charge in [-0.2, -0.15) is 0 Å². The first kappa shape index (κ1) is 13.4. The molecule has 0 aliphatic heterocycles. The Morgan fingerprint density at radius 2 is 2.32 bits per heavy atom. The minimum atomic E-state index is -0.156. The predicted molar refractivity (Wildman–Crippen MR) is 84.2 cm³/mol. The summed E-state index contributed by atoms with van der Waals surface area (Å²) >= 11 is 0. The van der Waals surface area contributed by atoms with Gasteiger partial charge in [-0.1, -0.05) is 12.2 Å². The van der Waals surface area contributed by atoms with Crippen molar-refractivity contribution in [3.05, 3.63) is 41.7 Å². The Morgan fingerprint density at radius 1 is 1.45 bits per heavy atom. The van der Waals surface area contributed by atoms with Gasteiger partial charge in [0.05, 0.1) is 18.2 Å². The zero-order valence-electron chi connectivity index (χ0n) is 12.8. The van der Waals surface area contributed by atoms with Crippen LogP contribution < -0.4 is 10.1 Å². The van der Waals surface area contributed by atoms with Gasteiger partial charge in [0.1, 0.15) is 17.1 Å². The monoisotopic (exact) mass is 297 g/mol. The molecule has 0 saturated heterocycles. The molecular weight excluding hydrogens is 278 g/mol. The Bertz CT molecular complexity index is 789. The van der Waals surface area contributed by atoms with Gasteiger partial charge in [-0.3, -0.25) is 4.79 Å². The fraction of sp³-hybridized carbons (Fsp3) is 0.389. The second kappa shape index (κ2) is 4.63. The van der Waals surface area contributed by atoms with Crippen LogP contribution in [0, 0.1) is 12.8 Å². The van der Waals surface area contributed by atoms with Gasteiger partial charge in [0.25, 0.3) is 5.91 Å². The van der Waals surface area contributed by atoms with Crippen LogP contribution in [-0.2, 0) is 0 Å². The van der Waals surface area contributed by atoms with Gasteiger partial charge in [-0.15, -0.1) is 0 Å². The van der Waals surface area contributed by atoms with Gasteiger partial charge in [-0.25, -0.2) is 0 Å². The van der Waals surface area contributed by atoms with Crippen molar-refractivity contribution < 1.29 is 13.9 Å². The molecular formula is C18H19NO3. The van der Waals surface area contributed by atoms with Gasteiger partial charge in [0.15, 0.2) is 0 Å². The normalized spacial score (nSPS) is 25.8. The fourth-order valence-corrected chi connectivity index (χ4v) is 3.80. The Kier molecular flexibility index (Phi) is 2.83. The van der Waals surface area contributed by atoms with E-state index in [1.165, 1.54) is 0 Å². The second-order valence-electron chi connectivity index (χ2n) is 6.37. The maximum absolute atomic E-state index is 12.8. The predicted octanol–water partition coefficient (Wildman–Crippen LogP) is 3.59. The third kappa shape index (κ3) is 1.94. The minimum Gasteiger partial charge on any atom is -0.497 e. The van der Waals surface area contributed by atoms with Crippen molar-refractivity contribution in [3.63, 3.8) is 0 Å². The minimum absolute atomic E-state index is 0.0586. The molecule has 2 aromatic rings. The van der Waals surface area contributed by atoms with Crippen molar-refractivity contribution >= 4 is 16.9 Å². The molecule has 114 valence electrons. The Balaban J connectivity index is 1.72. The van der Waals surface area contributed by atoms with Crippen LogP contribution >= 0.6 is 0 Å². The molecule has 1 saturated carbocycles. The van der Waals surface area contributed by atoms with Crippen molar-refractivity contribution in [3.8, 4) is 5.75 Å². The molecule has 2 aliphatic carbocycles. The van der Waals surface area contributed by atoms with E-state index < -0.39 is 0 Å². The number of amides is 1. The van der Waals surface area contributed by atoms with E-state index in [0.717, 1.165) is 30.4 Å². The number of ether oxygens (including phenoxy) is 1. The van der Waals surface area contributed by atoms with E-state index in [-0.39, 0.29) is 11.4 Å². The number of hydrogen-bond donors (Lipinski definition) is 1. The first-order valence-corrected chi connectivity index (χ1v) is 7.69. The number of aryl methyl sites for hydroxylation is 1. The Labute approximate surface area is 129 Å². The molecule has 2 aliphatic rings. The number of nitrogens with one attached hydrogen (secondary N) is 1. The SMILES string of the molecule is COc1ccc2oc(C)c(C(=O)NC34C=CC(CC3)C4)c2c1. The van der Waals surface area contributed by atoms with Crippen LogP contribution in [-0.4, -0.2) is 18.6 Å². The summed E-state index contributed by atoms with van der Waals surface area (Å²) in [6.07, 6.45) is 7.61.